The summed E-state index contributed by atoms with van der Waals surface area (Å²) in [5.41, 5.74) is -1.25. The van der Waals surface area contributed by atoms with Gasteiger partial charge in [-0.25, -0.2) is 9.59 Å². The Kier molecular flexibility index (Phi) is 4.29. The zero-order valence-corrected chi connectivity index (χ0v) is 15.8. The van der Waals surface area contributed by atoms with Gasteiger partial charge < -0.3 is 16.0 Å². The highest BCUT2D eigenvalue weighted by Crippen LogP contribution is 2.35. The van der Waals surface area contributed by atoms with E-state index < -0.39 is 41.5 Å². The first-order valence-corrected chi connectivity index (χ1v) is 9.42. The molecule has 1 unspecified atom stereocenters. The van der Waals surface area contributed by atoms with Gasteiger partial charge >= 0.3 is 12.1 Å². The highest BCUT2D eigenvalue weighted by molar-refractivity contribution is 6.10. The molecule has 1 atom stereocenters. The van der Waals surface area contributed by atoms with Gasteiger partial charge in [-0.05, 0) is 37.5 Å². The van der Waals surface area contributed by atoms with Crippen molar-refractivity contribution >= 4 is 35.5 Å². The highest BCUT2D eigenvalue weighted by Gasteiger charge is 2.52. The zero-order chi connectivity index (χ0) is 20.8. The van der Waals surface area contributed by atoms with Gasteiger partial charge in [0, 0.05) is 5.69 Å². The Morgan fingerprint density at radius 2 is 1.86 bits per heavy atom. The molecule has 4 rings (SSSR count). The molecule has 29 heavy (non-hydrogen) atoms. The molecule has 1 saturated carbocycles. The van der Waals surface area contributed by atoms with Gasteiger partial charge in [0.25, 0.3) is 11.8 Å². The van der Waals surface area contributed by atoms with Crippen molar-refractivity contribution in [3.8, 4) is 0 Å². The Morgan fingerprint density at radius 3 is 2.52 bits per heavy atom. The minimum absolute atomic E-state index is 0.359. The van der Waals surface area contributed by atoms with E-state index in [-0.39, 0.29) is 5.91 Å². The summed E-state index contributed by atoms with van der Waals surface area (Å²) < 4.78 is 0. The number of imide groups is 2. The van der Waals surface area contributed by atoms with E-state index in [1.54, 1.807) is 31.2 Å². The second-order valence-corrected chi connectivity index (χ2v) is 7.77. The van der Waals surface area contributed by atoms with Gasteiger partial charge in [0.05, 0.1) is 0 Å². The monoisotopic (exact) mass is 399 g/mol. The summed E-state index contributed by atoms with van der Waals surface area (Å²) in [5.74, 6) is -1.39. The molecule has 1 aromatic rings. The number of hydrogen-bond acceptors (Lipinski definition) is 5. The number of nitrogens with zero attached hydrogens (tertiary/aromatic N) is 1. The van der Waals surface area contributed by atoms with Crippen molar-refractivity contribution in [2.75, 3.05) is 11.9 Å². The van der Waals surface area contributed by atoms with E-state index in [4.69, 9.17) is 0 Å². The van der Waals surface area contributed by atoms with Gasteiger partial charge in [-0.1, -0.05) is 25.0 Å². The van der Waals surface area contributed by atoms with Crippen molar-refractivity contribution in [3.05, 3.63) is 29.8 Å². The molecule has 2 heterocycles. The van der Waals surface area contributed by atoms with Crippen LogP contribution in [0.5, 0.6) is 0 Å². The van der Waals surface area contributed by atoms with Gasteiger partial charge in [0.2, 0.25) is 5.91 Å². The number of amides is 7. The van der Waals surface area contributed by atoms with Crippen LogP contribution in [0.1, 0.15) is 38.2 Å². The normalized spacial score (nSPS) is 25.2. The van der Waals surface area contributed by atoms with Crippen LogP contribution in [0.4, 0.5) is 15.3 Å². The summed E-state index contributed by atoms with van der Waals surface area (Å²) in [6.07, 6.45) is 2.90. The Hall–Kier alpha value is -3.43. The maximum atomic E-state index is 12.6. The summed E-state index contributed by atoms with van der Waals surface area (Å²) >= 11 is 0. The van der Waals surface area contributed by atoms with Gasteiger partial charge in [0.15, 0.2) is 0 Å². The number of hydrogen-bond donors (Lipinski definition) is 4. The van der Waals surface area contributed by atoms with E-state index in [0.29, 0.717) is 24.1 Å². The van der Waals surface area contributed by atoms with Crippen molar-refractivity contribution in [3.63, 3.8) is 0 Å². The fraction of sp³-hybridized carbons (Fsp3) is 0.421. The maximum Gasteiger partial charge on any atom is 0.325 e. The fourth-order valence-corrected chi connectivity index (χ4v) is 4.14. The first-order chi connectivity index (χ1) is 13.7. The lowest BCUT2D eigenvalue weighted by atomic mass is 9.92. The first kappa shape index (κ1) is 18.9. The van der Waals surface area contributed by atoms with E-state index >= 15 is 0 Å². The van der Waals surface area contributed by atoms with Crippen LogP contribution >= 0.6 is 0 Å². The van der Waals surface area contributed by atoms with Crippen LogP contribution in [-0.4, -0.2) is 46.8 Å². The van der Waals surface area contributed by atoms with Crippen molar-refractivity contribution in [1.82, 2.24) is 20.9 Å². The molecule has 7 amide bonds. The van der Waals surface area contributed by atoms with Gasteiger partial charge in [-0.2, -0.15) is 0 Å². The van der Waals surface area contributed by atoms with Crippen molar-refractivity contribution in [2.45, 2.75) is 43.7 Å². The Bertz CT molecular complexity index is 939. The lowest BCUT2D eigenvalue weighted by Crippen LogP contribution is -2.44. The summed E-state index contributed by atoms with van der Waals surface area (Å²) in [6.45, 7) is 1.16. The number of carbonyl (C=O) groups is 5. The largest absolute Gasteiger partial charge is 0.325 e. The molecule has 0 radical (unpaired) electrons. The topological polar surface area (TPSA) is 137 Å². The van der Waals surface area contributed by atoms with Gasteiger partial charge in [-0.15, -0.1) is 0 Å². The second-order valence-electron chi connectivity index (χ2n) is 7.77. The van der Waals surface area contributed by atoms with E-state index in [1.807, 2.05) is 0 Å². The number of nitrogens with one attached hydrogen (secondary N) is 4. The molecular formula is C19H21N5O5. The Labute approximate surface area is 166 Å². The summed E-state index contributed by atoms with van der Waals surface area (Å²) in [4.78, 5) is 61.8. The summed E-state index contributed by atoms with van der Waals surface area (Å²) in [5, 5.41) is 10.1. The van der Waals surface area contributed by atoms with E-state index in [0.717, 1.165) is 17.7 Å². The molecule has 0 aromatic heterocycles. The van der Waals surface area contributed by atoms with Crippen LogP contribution in [0.25, 0.3) is 0 Å². The zero-order valence-electron chi connectivity index (χ0n) is 15.8. The Balaban J connectivity index is 1.46. The lowest BCUT2D eigenvalue weighted by molar-refractivity contribution is -0.133. The van der Waals surface area contributed by atoms with Gasteiger partial charge in [-0.3, -0.25) is 24.6 Å². The SMILES string of the molecule is CC1(c2cccc(NC(=O)CN3C(=O)NC4(CCCC4)C3=O)c2)NC(=O)NC1=O. The first-order valence-electron chi connectivity index (χ1n) is 9.42. The minimum atomic E-state index is -1.25. The lowest BCUT2D eigenvalue weighted by Gasteiger charge is -2.22. The van der Waals surface area contributed by atoms with E-state index in [9.17, 15) is 24.0 Å². The fourth-order valence-electron chi connectivity index (χ4n) is 4.14. The molecular weight excluding hydrogens is 378 g/mol. The molecule has 1 aromatic carbocycles. The number of benzene rings is 1. The molecule has 2 aliphatic heterocycles. The average molecular weight is 399 g/mol. The molecule has 0 bridgehead atoms. The smallest absolute Gasteiger partial charge is 0.325 e. The van der Waals surface area contributed by atoms with Crippen molar-refractivity contribution < 1.29 is 24.0 Å². The van der Waals surface area contributed by atoms with E-state index in [2.05, 4.69) is 21.3 Å². The summed E-state index contributed by atoms with van der Waals surface area (Å²) in [6, 6.07) is 5.32. The molecule has 2 saturated heterocycles. The van der Waals surface area contributed by atoms with Crippen LogP contribution in [0, 0.1) is 0 Å². The van der Waals surface area contributed by atoms with Crippen LogP contribution in [-0.2, 0) is 19.9 Å². The number of carbonyl (C=O) groups excluding carboxylic acids is 5. The predicted molar refractivity (Wildman–Crippen MR) is 101 cm³/mol. The molecule has 3 aliphatic rings. The van der Waals surface area contributed by atoms with Crippen molar-refractivity contribution in [1.29, 1.82) is 0 Å². The number of anilines is 1. The molecule has 1 spiro atoms. The third-order valence-electron chi connectivity index (χ3n) is 5.77. The minimum Gasteiger partial charge on any atom is -0.325 e. The molecule has 4 N–H and O–H groups in total. The predicted octanol–water partition coefficient (Wildman–Crippen LogP) is 0.544. The quantitative estimate of drug-likeness (QED) is 0.548. The standard InChI is InChI=1S/C19H21N5O5/c1-18(14(26)21-16(28)22-18)11-5-4-6-12(9-11)20-13(25)10-24-15(27)19(23-17(24)29)7-2-3-8-19/h4-6,9H,2-3,7-8,10H2,1H3,(H,20,25)(H,23,29)(H2,21,22,26,28). The summed E-state index contributed by atoms with van der Waals surface area (Å²) in [7, 11) is 0. The van der Waals surface area contributed by atoms with Crippen LogP contribution in [0.15, 0.2) is 24.3 Å². The third kappa shape index (κ3) is 3.10. The second kappa shape index (κ2) is 6.57. The number of urea groups is 2. The molecule has 152 valence electrons. The molecule has 10 heteroatoms. The molecule has 1 aliphatic carbocycles. The average Bonchev–Trinajstić information content (AvgIpc) is 3.30. The Morgan fingerprint density at radius 1 is 1.14 bits per heavy atom. The third-order valence-corrected chi connectivity index (χ3v) is 5.77. The van der Waals surface area contributed by atoms with Crippen molar-refractivity contribution in [2.24, 2.45) is 0 Å². The molecule has 10 nitrogen and oxygen atoms in total. The van der Waals surface area contributed by atoms with Crippen LogP contribution in [0.2, 0.25) is 0 Å². The molecule has 3 fully saturated rings. The van der Waals surface area contributed by atoms with Gasteiger partial charge in [0.1, 0.15) is 17.6 Å². The number of rotatable bonds is 4. The van der Waals surface area contributed by atoms with Crippen LogP contribution < -0.4 is 21.3 Å². The van der Waals surface area contributed by atoms with Crippen LogP contribution in [0.3, 0.4) is 0 Å². The highest BCUT2D eigenvalue weighted by atomic mass is 16.2. The van der Waals surface area contributed by atoms with E-state index in [1.165, 1.54) is 0 Å². The maximum absolute atomic E-state index is 12.6.